The minimum atomic E-state index is -1.92. The van der Waals surface area contributed by atoms with Gasteiger partial charge in [-0.3, -0.25) is 0 Å². The standard InChI is InChI=1S/C14H20FNO4.ClH/c1-4-19-11-8-9(6-7-10(11)18-3)13(16)12(15)14(17)20-5-2;/h6-8,12-13H,4-5,16H2,1-3H3;1H/t12?,13-;/m0./s1. The van der Waals surface area contributed by atoms with Crippen LogP contribution in [0.2, 0.25) is 0 Å². The zero-order valence-corrected chi connectivity index (χ0v) is 13.1. The van der Waals surface area contributed by atoms with Crippen LogP contribution in [0.25, 0.3) is 0 Å². The summed E-state index contributed by atoms with van der Waals surface area (Å²) < 4.78 is 29.0. The van der Waals surface area contributed by atoms with Gasteiger partial charge in [-0.25, -0.2) is 9.18 Å². The minimum absolute atomic E-state index is 0. The number of halogens is 2. The topological polar surface area (TPSA) is 70.8 Å². The van der Waals surface area contributed by atoms with Crippen LogP contribution in [0.4, 0.5) is 4.39 Å². The fourth-order valence-corrected chi connectivity index (χ4v) is 1.71. The number of nitrogens with two attached hydrogens (primary N) is 1. The van der Waals surface area contributed by atoms with Crippen molar-refractivity contribution in [3.8, 4) is 11.5 Å². The molecule has 0 spiro atoms. The highest BCUT2D eigenvalue weighted by molar-refractivity contribution is 5.85. The van der Waals surface area contributed by atoms with Crippen LogP contribution < -0.4 is 15.2 Å². The van der Waals surface area contributed by atoms with Gasteiger partial charge in [0.25, 0.3) is 0 Å². The SMILES string of the molecule is CCOC(=O)C(F)[C@@H](N)c1ccc(OC)c(OCC)c1.Cl. The summed E-state index contributed by atoms with van der Waals surface area (Å²) in [7, 11) is 1.51. The maximum Gasteiger partial charge on any atom is 0.342 e. The molecule has 0 aliphatic heterocycles. The predicted molar refractivity (Wildman–Crippen MR) is 79.9 cm³/mol. The molecule has 0 aliphatic carbocycles. The molecule has 2 N–H and O–H groups in total. The first-order valence-corrected chi connectivity index (χ1v) is 6.42. The van der Waals surface area contributed by atoms with Gasteiger partial charge in [-0.1, -0.05) is 6.07 Å². The van der Waals surface area contributed by atoms with Crippen LogP contribution in [0, 0.1) is 0 Å². The number of alkyl halides is 1. The molecule has 0 radical (unpaired) electrons. The van der Waals surface area contributed by atoms with E-state index >= 15 is 0 Å². The van der Waals surface area contributed by atoms with Crippen molar-refractivity contribution in [3.05, 3.63) is 23.8 Å². The van der Waals surface area contributed by atoms with E-state index in [9.17, 15) is 9.18 Å². The Kier molecular flexibility index (Phi) is 8.73. The average molecular weight is 322 g/mol. The van der Waals surface area contributed by atoms with Gasteiger partial charge in [0.2, 0.25) is 6.17 Å². The lowest BCUT2D eigenvalue weighted by molar-refractivity contribution is -0.149. The Labute approximate surface area is 130 Å². The molecule has 0 aromatic heterocycles. The number of carbonyl (C=O) groups excluding carboxylic acids is 1. The molecule has 1 aromatic rings. The van der Waals surface area contributed by atoms with Crippen LogP contribution in [0.15, 0.2) is 18.2 Å². The van der Waals surface area contributed by atoms with Crippen molar-refractivity contribution in [3.63, 3.8) is 0 Å². The van der Waals surface area contributed by atoms with E-state index < -0.39 is 18.2 Å². The van der Waals surface area contributed by atoms with E-state index in [-0.39, 0.29) is 19.0 Å². The van der Waals surface area contributed by atoms with Crippen molar-refractivity contribution in [2.24, 2.45) is 5.73 Å². The van der Waals surface area contributed by atoms with E-state index in [0.29, 0.717) is 23.7 Å². The van der Waals surface area contributed by atoms with Crippen molar-refractivity contribution in [1.82, 2.24) is 0 Å². The third-order valence-corrected chi connectivity index (χ3v) is 2.70. The summed E-state index contributed by atoms with van der Waals surface area (Å²) in [4.78, 5) is 11.4. The van der Waals surface area contributed by atoms with Gasteiger partial charge in [0, 0.05) is 0 Å². The lowest BCUT2D eigenvalue weighted by Gasteiger charge is -2.18. The normalized spacial score (nSPS) is 12.8. The highest BCUT2D eigenvalue weighted by atomic mass is 35.5. The van der Waals surface area contributed by atoms with Gasteiger partial charge in [-0.15, -0.1) is 12.4 Å². The van der Waals surface area contributed by atoms with Crippen LogP contribution in [0.1, 0.15) is 25.5 Å². The van der Waals surface area contributed by atoms with Gasteiger partial charge >= 0.3 is 5.97 Å². The van der Waals surface area contributed by atoms with Gasteiger partial charge in [0.15, 0.2) is 11.5 Å². The lowest BCUT2D eigenvalue weighted by Crippen LogP contribution is -2.31. The molecular weight excluding hydrogens is 301 g/mol. The number of esters is 1. The first-order chi connectivity index (χ1) is 9.54. The zero-order valence-electron chi connectivity index (χ0n) is 12.3. The molecule has 7 heteroatoms. The maximum atomic E-state index is 13.9. The Hall–Kier alpha value is -1.53. The molecule has 120 valence electrons. The molecule has 0 heterocycles. The number of hydrogen-bond acceptors (Lipinski definition) is 5. The quantitative estimate of drug-likeness (QED) is 0.781. The molecule has 0 bridgehead atoms. The van der Waals surface area contributed by atoms with E-state index in [2.05, 4.69) is 4.74 Å². The summed E-state index contributed by atoms with van der Waals surface area (Å²) >= 11 is 0. The van der Waals surface area contributed by atoms with Crippen molar-refractivity contribution < 1.29 is 23.4 Å². The van der Waals surface area contributed by atoms with E-state index in [1.165, 1.54) is 7.11 Å². The summed E-state index contributed by atoms with van der Waals surface area (Å²) in [5.41, 5.74) is 6.19. The van der Waals surface area contributed by atoms with Crippen LogP contribution >= 0.6 is 12.4 Å². The molecular formula is C14H21ClFNO4. The van der Waals surface area contributed by atoms with E-state index in [1.807, 2.05) is 6.92 Å². The second-order valence-corrected chi connectivity index (χ2v) is 4.02. The molecule has 21 heavy (non-hydrogen) atoms. The monoisotopic (exact) mass is 321 g/mol. The first-order valence-electron chi connectivity index (χ1n) is 6.42. The van der Waals surface area contributed by atoms with Crippen LogP contribution in [0.5, 0.6) is 11.5 Å². The zero-order chi connectivity index (χ0) is 15.1. The van der Waals surface area contributed by atoms with Gasteiger partial charge < -0.3 is 19.9 Å². The lowest BCUT2D eigenvalue weighted by atomic mass is 10.0. The highest BCUT2D eigenvalue weighted by Crippen LogP contribution is 2.31. The van der Waals surface area contributed by atoms with Crippen LogP contribution in [-0.4, -0.2) is 32.5 Å². The largest absolute Gasteiger partial charge is 0.493 e. The Bertz CT molecular complexity index is 459. The number of methoxy groups -OCH3 is 1. The van der Waals surface area contributed by atoms with E-state index in [4.69, 9.17) is 15.2 Å². The smallest absolute Gasteiger partial charge is 0.342 e. The Morgan fingerprint density at radius 3 is 2.48 bits per heavy atom. The predicted octanol–water partition coefficient (Wildman–Crippen LogP) is 2.42. The molecule has 0 amide bonds. The summed E-state index contributed by atoms with van der Waals surface area (Å²) in [5, 5.41) is 0. The second-order valence-electron chi connectivity index (χ2n) is 4.02. The van der Waals surface area contributed by atoms with Gasteiger partial charge in [0.05, 0.1) is 26.4 Å². The molecule has 1 unspecified atom stereocenters. The summed E-state index contributed by atoms with van der Waals surface area (Å²) in [6.07, 6.45) is -1.92. The van der Waals surface area contributed by atoms with Gasteiger partial charge in [-0.05, 0) is 31.5 Å². The van der Waals surface area contributed by atoms with Crippen molar-refractivity contribution in [2.75, 3.05) is 20.3 Å². The first kappa shape index (κ1) is 19.5. The molecule has 0 aliphatic rings. The van der Waals surface area contributed by atoms with Gasteiger partial charge in [-0.2, -0.15) is 0 Å². The van der Waals surface area contributed by atoms with Crippen molar-refractivity contribution in [1.29, 1.82) is 0 Å². The van der Waals surface area contributed by atoms with E-state index in [1.54, 1.807) is 25.1 Å². The highest BCUT2D eigenvalue weighted by Gasteiger charge is 2.28. The van der Waals surface area contributed by atoms with Crippen LogP contribution in [-0.2, 0) is 9.53 Å². The summed E-state index contributed by atoms with van der Waals surface area (Å²) in [6.45, 7) is 3.98. The molecule has 0 fully saturated rings. The van der Waals surface area contributed by atoms with Crippen molar-refractivity contribution >= 4 is 18.4 Å². The third-order valence-electron chi connectivity index (χ3n) is 2.70. The average Bonchev–Trinajstić information content (AvgIpc) is 2.46. The van der Waals surface area contributed by atoms with Gasteiger partial charge in [0.1, 0.15) is 0 Å². The number of rotatable bonds is 7. The molecule has 2 atom stereocenters. The Morgan fingerprint density at radius 2 is 1.95 bits per heavy atom. The maximum absolute atomic E-state index is 13.9. The number of benzene rings is 1. The molecule has 0 saturated heterocycles. The third kappa shape index (κ3) is 5.06. The minimum Gasteiger partial charge on any atom is -0.493 e. The Balaban J connectivity index is 0.00000400. The second kappa shape index (κ2) is 9.41. The number of carbonyl (C=O) groups is 1. The summed E-state index contributed by atoms with van der Waals surface area (Å²) in [5.74, 6) is 0.0159. The molecule has 5 nitrogen and oxygen atoms in total. The Morgan fingerprint density at radius 1 is 1.29 bits per heavy atom. The van der Waals surface area contributed by atoms with Crippen molar-refractivity contribution in [2.45, 2.75) is 26.1 Å². The number of ether oxygens (including phenoxy) is 3. The fraction of sp³-hybridized carbons (Fsp3) is 0.500. The molecule has 1 aromatic carbocycles. The van der Waals surface area contributed by atoms with E-state index in [0.717, 1.165) is 0 Å². The fourth-order valence-electron chi connectivity index (χ4n) is 1.71. The molecule has 1 rings (SSSR count). The molecule has 0 saturated carbocycles. The van der Waals surface area contributed by atoms with Crippen LogP contribution in [0.3, 0.4) is 0 Å². The number of hydrogen-bond donors (Lipinski definition) is 1. The summed E-state index contributed by atoms with van der Waals surface area (Å²) in [6, 6.07) is 3.67.